The highest BCUT2D eigenvalue weighted by Gasteiger charge is 2.20. The summed E-state index contributed by atoms with van der Waals surface area (Å²) in [5.41, 5.74) is 2.30. The molecule has 2 N–H and O–H groups in total. The van der Waals surface area contributed by atoms with Crippen molar-refractivity contribution in [3.8, 4) is 0 Å². The number of nitrogens with zero attached hydrogens (tertiary/aromatic N) is 1. The average Bonchev–Trinajstić information content (AvgIpc) is 2.72. The van der Waals surface area contributed by atoms with Crippen LogP contribution in [0.5, 0.6) is 0 Å². The highest BCUT2D eigenvalue weighted by atomic mass is 16.2. The first-order valence-corrected chi connectivity index (χ1v) is 8.73. The topological polar surface area (TPSA) is 65.2 Å². The lowest BCUT2D eigenvalue weighted by Gasteiger charge is -2.21. The van der Waals surface area contributed by atoms with Crippen molar-refractivity contribution in [3.63, 3.8) is 0 Å². The Morgan fingerprint density at radius 1 is 1.35 bits per heavy atom. The molecule has 0 aliphatic carbocycles. The number of aromatic nitrogens is 1. The van der Waals surface area contributed by atoms with Crippen molar-refractivity contribution >= 4 is 6.03 Å². The average molecular weight is 319 g/mol. The van der Waals surface area contributed by atoms with E-state index < -0.39 is 0 Å². The van der Waals surface area contributed by atoms with Gasteiger partial charge in [0.25, 0.3) is 5.56 Å². The predicted octanol–water partition coefficient (Wildman–Crippen LogP) is 3.10. The first kappa shape index (κ1) is 17.6. The number of likely N-dealkylation sites (tertiary alicyclic amines) is 1. The minimum absolute atomic E-state index is 0.0541. The van der Waals surface area contributed by atoms with E-state index in [2.05, 4.69) is 17.2 Å². The number of aryl methyl sites for hydroxylation is 2. The summed E-state index contributed by atoms with van der Waals surface area (Å²) in [4.78, 5) is 29.1. The van der Waals surface area contributed by atoms with Gasteiger partial charge in [0.15, 0.2) is 0 Å². The summed E-state index contributed by atoms with van der Waals surface area (Å²) in [6.45, 7) is 7.91. The van der Waals surface area contributed by atoms with Gasteiger partial charge in [-0.05, 0) is 50.7 Å². The number of hydrogen-bond donors (Lipinski definition) is 2. The lowest BCUT2D eigenvalue weighted by atomic mass is 9.96. The van der Waals surface area contributed by atoms with Crippen molar-refractivity contribution in [2.75, 3.05) is 13.1 Å². The van der Waals surface area contributed by atoms with E-state index in [0.717, 1.165) is 43.1 Å². The second-order valence-corrected chi connectivity index (χ2v) is 6.67. The maximum absolute atomic E-state index is 12.4. The molecular formula is C18H29N3O2. The molecule has 2 rings (SSSR count). The van der Waals surface area contributed by atoms with Crippen LogP contribution in [0.3, 0.4) is 0 Å². The van der Waals surface area contributed by atoms with E-state index >= 15 is 0 Å². The predicted molar refractivity (Wildman–Crippen MR) is 92.6 cm³/mol. The van der Waals surface area contributed by atoms with Gasteiger partial charge in [0.1, 0.15) is 0 Å². The summed E-state index contributed by atoms with van der Waals surface area (Å²) < 4.78 is 0. The number of carbonyl (C=O) groups is 1. The summed E-state index contributed by atoms with van der Waals surface area (Å²) >= 11 is 0. The molecule has 23 heavy (non-hydrogen) atoms. The minimum Gasteiger partial charge on any atom is -0.334 e. The SMILES string of the molecule is CCC[C@@H]1CCCN(C(=O)NCc2c(C)cc(C)[nH]c2=O)CC1. The molecule has 2 heterocycles. The number of carbonyl (C=O) groups excluding carboxylic acids is 1. The number of nitrogens with one attached hydrogen (secondary N) is 2. The van der Waals surface area contributed by atoms with Crippen LogP contribution in [-0.2, 0) is 6.54 Å². The van der Waals surface area contributed by atoms with E-state index in [1.54, 1.807) is 0 Å². The van der Waals surface area contributed by atoms with Gasteiger partial charge in [0.05, 0.1) is 6.54 Å². The maximum Gasteiger partial charge on any atom is 0.317 e. The van der Waals surface area contributed by atoms with Gasteiger partial charge in [0, 0.05) is 24.3 Å². The fourth-order valence-corrected chi connectivity index (χ4v) is 3.44. The molecule has 1 aliphatic heterocycles. The molecule has 0 unspecified atom stereocenters. The van der Waals surface area contributed by atoms with Crippen molar-refractivity contribution in [2.45, 2.75) is 59.4 Å². The highest BCUT2D eigenvalue weighted by molar-refractivity contribution is 5.74. The Bertz CT molecular complexity index is 594. The van der Waals surface area contributed by atoms with E-state index in [1.807, 2.05) is 24.8 Å². The molecule has 1 aliphatic rings. The molecule has 1 saturated heterocycles. The van der Waals surface area contributed by atoms with E-state index in [9.17, 15) is 9.59 Å². The quantitative estimate of drug-likeness (QED) is 0.895. The fourth-order valence-electron chi connectivity index (χ4n) is 3.44. The number of rotatable bonds is 4. The lowest BCUT2D eigenvalue weighted by molar-refractivity contribution is 0.198. The minimum atomic E-state index is -0.110. The summed E-state index contributed by atoms with van der Waals surface area (Å²) in [5, 5.41) is 2.91. The normalized spacial score (nSPS) is 18.6. The summed E-state index contributed by atoms with van der Waals surface area (Å²) in [6.07, 6.45) is 5.85. The molecule has 128 valence electrons. The van der Waals surface area contributed by atoms with Gasteiger partial charge >= 0.3 is 6.03 Å². The van der Waals surface area contributed by atoms with Crippen LogP contribution >= 0.6 is 0 Å². The molecule has 0 radical (unpaired) electrons. The zero-order valence-corrected chi connectivity index (χ0v) is 14.6. The number of aromatic amines is 1. The zero-order chi connectivity index (χ0) is 16.8. The van der Waals surface area contributed by atoms with Crippen LogP contribution in [0.25, 0.3) is 0 Å². The maximum atomic E-state index is 12.4. The van der Waals surface area contributed by atoms with Crippen molar-refractivity contribution < 1.29 is 4.79 Å². The Morgan fingerprint density at radius 3 is 2.83 bits per heavy atom. The van der Waals surface area contributed by atoms with Crippen molar-refractivity contribution in [2.24, 2.45) is 5.92 Å². The third-order valence-corrected chi connectivity index (χ3v) is 4.74. The van der Waals surface area contributed by atoms with Gasteiger partial charge < -0.3 is 15.2 Å². The van der Waals surface area contributed by atoms with Crippen LogP contribution in [0, 0.1) is 19.8 Å². The Kier molecular flexibility index (Phi) is 6.25. The van der Waals surface area contributed by atoms with Crippen LogP contribution in [0.1, 0.15) is 55.8 Å². The van der Waals surface area contributed by atoms with Gasteiger partial charge in [-0.1, -0.05) is 19.8 Å². The number of amides is 2. The number of urea groups is 1. The highest BCUT2D eigenvalue weighted by Crippen LogP contribution is 2.21. The third kappa shape index (κ3) is 4.85. The van der Waals surface area contributed by atoms with Crippen LogP contribution < -0.4 is 10.9 Å². The van der Waals surface area contributed by atoms with Gasteiger partial charge in [-0.15, -0.1) is 0 Å². The largest absolute Gasteiger partial charge is 0.334 e. The number of hydrogen-bond acceptors (Lipinski definition) is 2. The number of pyridine rings is 1. The van der Waals surface area contributed by atoms with Crippen molar-refractivity contribution in [1.29, 1.82) is 0 Å². The molecule has 0 bridgehead atoms. The second kappa shape index (κ2) is 8.18. The number of H-pyrrole nitrogens is 1. The first-order chi connectivity index (χ1) is 11.0. The second-order valence-electron chi connectivity index (χ2n) is 6.67. The molecule has 5 heteroatoms. The third-order valence-electron chi connectivity index (χ3n) is 4.74. The summed E-state index contributed by atoms with van der Waals surface area (Å²) in [5.74, 6) is 0.750. The van der Waals surface area contributed by atoms with Gasteiger partial charge in [-0.25, -0.2) is 4.79 Å². The molecule has 1 aromatic rings. The smallest absolute Gasteiger partial charge is 0.317 e. The van der Waals surface area contributed by atoms with Crippen LogP contribution in [0.4, 0.5) is 4.79 Å². The molecule has 0 saturated carbocycles. The Balaban J connectivity index is 1.91. The molecule has 1 atom stereocenters. The lowest BCUT2D eigenvalue weighted by Crippen LogP contribution is -2.41. The monoisotopic (exact) mass is 319 g/mol. The zero-order valence-electron chi connectivity index (χ0n) is 14.6. The van der Waals surface area contributed by atoms with E-state index in [4.69, 9.17) is 0 Å². The van der Waals surface area contributed by atoms with Crippen LogP contribution in [0.2, 0.25) is 0 Å². The standard InChI is InChI=1S/C18H29N3O2/c1-4-6-15-7-5-9-21(10-8-15)18(23)19-12-16-13(2)11-14(3)20-17(16)22/h11,15H,4-10,12H2,1-3H3,(H,19,23)(H,20,22)/t15-/m1/s1. The van der Waals surface area contributed by atoms with Gasteiger partial charge in [0.2, 0.25) is 0 Å². The molecule has 0 aromatic carbocycles. The molecule has 0 spiro atoms. The fraction of sp³-hybridized carbons (Fsp3) is 0.667. The summed E-state index contributed by atoms with van der Waals surface area (Å²) in [7, 11) is 0. The van der Waals surface area contributed by atoms with Crippen molar-refractivity contribution in [1.82, 2.24) is 15.2 Å². The van der Waals surface area contributed by atoms with Crippen molar-refractivity contribution in [3.05, 3.63) is 33.2 Å². The first-order valence-electron chi connectivity index (χ1n) is 8.73. The summed E-state index contributed by atoms with van der Waals surface area (Å²) in [6, 6.07) is 1.88. The van der Waals surface area contributed by atoms with E-state index in [-0.39, 0.29) is 18.1 Å². The van der Waals surface area contributed by atoms with Crippen LogP contribution in [-0.4, -0.2) is 29.0 Å². The molecule has 1 aromatic heterocycles. The molecule has 2 amide bonds. The van der Waals surface area contributed by atoms with Gasteiger partial charge in [-0.2, -0.15) is 0 Å². The van der Waals surface area contributed by atoms with Crippen LogP contribution in [0.15, 0.2) is 10.9 Å². The molecule has 5 nitrogen and oxygen atoms in total. The Hall–Kier alpha value is -1.78. The van der Waals surface area contributed by atoms with E-state index in [0.29, 0.717) is 5.56 Å². The van der Waals surface area contributed by atoms with E-state index in [1.165, 1.54) is 19.3 Å². The molecule has 1 fully saturated rings. The molecular weight excluding hydrogens is 290 g/mol. The van der Waals surface area contributed by atoms with Gasteiger partial charge in [-0.3, -0.25) is 4.79 Å². The Labute approximate surface area is 138 Å². The Morgan fingerprint density at radius 2 is 2.13 bits per heavy atom.